The highest BCUT2D eigenvalue weighted by Gasteiger charge is 2.11. The third-order valence-electron chi connectivity index (χ3n) is 4.41. The van der Waals surface area contributed by atoms with Crippen molar-refractivity contribution in [2.45, 2.75) is 38.9 Å². The van der Waals surface area contributed by atoms with Crippen LogP contribution in [0.15, 0.2) is 41.8 Å². The van der Waals surface area contributed by atoms with E-state index in [4.69, 9.17) is 11.6 Å². The van der Waals surface area contributed by atoms with Crippen molar-refractivity contribution in [1.29, 1.82) is 0 Å². The Hall–Kier alpha value is -2.25. The van der Waals surface area contributed by atoms with E-state index in [0.29, 0.717) is 17.3 Å². The van der Waals surface area contributed by atoms with Crippen LogP contribution >= 0.6 is 23.4 Å². The average Bonchev–Trinajstić information content (AvgIpc) is 3.25. The first-order valence-corrected chi connectivity index (χ1v) is 10.5. The van der Waals surface area contributed by atoms with Gasteiger partial charge in [-0.25, -0.2) is 4.98 Å². The Morgan fingerprint density at radius 2 is 2.11 bits per heavy atom. The van der Waals surface area contributed by atoms with Crippen molar-refractivity contribution in [3.05, 3.63) is 58.6 Å². The summed E-state index contributed by atoms with van der Waals surface area (Å²) in [6, 6.07) is 7.82. The number of benzene rings is 1. The number of carbonyl (C=O) groups is 1. The fraction of sp³-hybridized carbons (Fsp3) is 0.350. The molecule has 3 aromatic rings. The molecule has 0 atom stereocenters. The Labute approximate surface area is 174 Å². The molecule has 148 valence electrons. The van der Waals surface area contributed by atoms with E-state index in [1.165, 1.54) is 11.8 Å². The van der Waals surface area contributed by atoms with Crippen LogP contribution in [-0.4, -0.2) is 37.5 Å². The van der Waals surface area contributed by atoms with Crippen LogP contribution in [0.5, 0.6) is 0 Å². The predicted octanol–water partition coefficient (Wildman–Crippen LogP) is 3.95. The van der Waals surface area contributed by atoms with Crippen molar-refractivity contribution in [3.63, 3.8) is 0 Å². The lowest BCUT2D eigenvalue weighted by molar-refractivity contribution is -0.118. The normalized spacial score (nSPS) is 11.0. The van der Waals surface area contributed by atoms with E-state index in [9.17, 15) is 4.79 Å². The molecule has 1 aromatic carbocycles. The Balaban J connectivity index is 1.48. The third-order valence-corrected chi connectivity index (χ3v) is 5.79. The molecule has 0 radical (unpaired) electrons. The maximum Gasteiger partial charge on any atom is 0.230 e. The first-order valence-electron chi connectivity index (χ1n) is 9.15. The van der Waals surface area contributed by atoms with Crippen LogP contribution in [0.1, 0.15) is 23.4 Å². The maximum atomic E-state index is 12.2. The second-order valence-electron chi connectivity index (χ2n) is 6.61. The number of amides is 1. The summed E-state index contributed by atoms with van der Waals surface area (Å²) in [5, 5.41) is 8.87. The van der Waals surface area contributed by atoms with E-state index < -0.39 is 0 Å². The molecule has 28 heavy (non-hydrogen) atoms. The molecule has 0 saturated heterocycles. The quantitative estimate of drug-likeness (QED) is 0.445. The van der Waals surface area contributed by atoms with Crippen LogP contribution in [0.2, 0.25) is 5.02 Å². The Bertz CT molecular complexity index is 965. The van der Waals surface area contributed by atoms with Gasteiger partial charge in [0, 0.05) is 36.2 Å². The minimum atomic E-state index is -0.00395. The number of aryl methyl sites for hydroxylation is 3. The molecule has 2 heterocycles. The number of thioether (sulfide) groups is 1. The standard InChI is InChI=1S/C20H24ClN5OS/c1-14-12-15(2)26(24-14)10-5-8-22-19(27)13-28-20-23-9-11-25(20)18-7-4-6-17(21)16(18)3/h4,6-7,9,11-12H,5,8,10,13H2,1-3H3,(H,22,27). The highest BCUT2D eigenvalue weighted by atomic mass is 35.5. The number of hydrogen-bond acceptors (Lipinski definition) is 4. The molecule has 3 rings (SSSR count). The summed E-state index contributed by atoms with van der Waals surface area (Å²) in [5.74, 6) is 0.312. The van der Waals surface area contributed by atoms with E-state index in [2.05, 4.69) is 21.5 Å². The zero-order valence-electron chi connectivity index (χ0n) is 16.3. The van der Waals surface area contributed by atoms with Crippen LogP contribution in [0, 0.1) is 20.8 Å². The molecule has 0 saturated carbocycles. The summed E-state index contributed by atoms with van der Waals surface area (Å²) >= 11 is 7.64. The lowest BCUT2D eigenvalue weighted by Gasteiger charge is -2.11. The Morgan fingerprint density at radius 3 is 2.86 bits per heavy atom. The van der Waals surface area contributed by atoms with Crippen molar-refractivity contribution in [2.75, 3.05) is 12.3 Å². The molecular weight excluding hydrogens is 394 g/mol. The molecule has 0 fully saturated rings. The van der Waals surface area contributed by atoms with Gasteiger partial charge in [0.2, 0.25) is 5.91 Å². The fourth-order valence-electron chi connectivity index (χ4n) is 2.98. The van der Waals surface area contributed by atoms with Gasteiger partial charge in [-0.15, -0.1) is 0 Å². The number of nitrogens with zero attached hydrogens (tertiary/aromatic N) is 4. The zero-order valence-corrected chi connectivity index (χ0v) is 17.8. The van der Waals surface area contributed by atoms with Gasteiger partial charge in [0.05, 0.1) is 17.1 Å². The van der Waals surface area contributed by atoms with Crippen molar-refractivity contribution in [3.8, 4) is 5.69 Å². The van der Waals surface area contributed by atoms with Crippen LogP contribution in [0.3, 0.4) is 0 Å². The topological polar surface area (TPSA) is 64.7 Å². The SMILES string of the molecule is Cc1cc(C)n(CCCNC(=O)CSc2nccn2-c2cccc(Cl)c2C)n1. The second kappa shape index (κ2) is 9.30. The van der Waals surface area contributed by atoms with Gasteiger partial charge in [-0.05, 0) is 51.0 Å². The highest BCUT2D eigenvalue weighted by Crippen LogP contribution is 2.26. The molecule has 1 amide bonds. The minimum absolute atomic E-state index is 0.00395. The second-order valence-corrected chi connectivity index (χ2v) is 7.96. The number of halogens is 1. The smallest absolute Gasteiger partial charge is 0.230 e. The molecule has 2 aromatic heterocycles. The molecule has 0 unspecified atom stereocenters. The summed E-state index contributed by atoms with van der Waals surface area (Å²) in [6.45, 7) is 7.42. The first kappa shape index (κ1) is 20.5. The van der Waals surface area contributed by atoms with Crippen molar-refractivity contribution in [2.24, 2.45) is 0 Å². The van der Waals surface area contributed by atoms with Crippen LogP contribution in [-0.2, 0) is 11.3 Å². The number of imidazole rings is 1. The lowest BCUT2D eigenvalue weighted by Crippen LogP contribution is -2.27. The summed E-state index contributed by atoms with van der Waals surface area (Å²) in [6.07, 6.45) is 4.46. The van der Waals surface area contributed by atoms with E-state index in [1.54, 1.807) is 6.20 Å². The van der Waals surface area contributed by atoms with Gasteiger partial charge in [0.1, 0.15) is 0 Å². The van der Waals surface area contributed by atoms with Crippen molar-refractivity contribution in [1.82, 2.24) is 24.6 Å². The van der Waals surface area contributed by atoms with E-state index >= 15 is 0 Å². The van der Waals surface area contributed by atoms with E-state index in [-0.39, 0.29) is 5.91 Å². The van der Waals surface area contributed by atoms with Gasteiger partial charge in [0.25, 0.3) is 0 Å². The number of hydrogen-bond donors (Lipinski definition) is 1. The number of rotatable bonds is 8. The molecule has 0 aliphatic carbocycles. The number of carbonyl (C=O) groups excluding carboxylic acids is 1. The van der Waals surface area contributed by atoms with Gasteiger partial charge in [-0.3, -0.25) is 14.0 Å². The molecule has 8 heteroatoms. The van der Waals surface area contributed by atoms with Gasteiger partial charge in [-0.1, -0.05) is 29.4 Å². The minimum Gasteiger partial charge on any atom is -0.355 e. The van der Waals surface area contributed by atoms with E-state index in [0.717, 1.165) is 40.8 Å². The number of nitrogens with one attached hydrogen (secondary N) is 1. The Morgan fingerprint density at radius 1 is 1.29 bits per heavy atom. The molecule has 0 spiro atoms. The molecule has 0 bridgehead atoms. The van der Waals surface area contributed by atoms with Gasteiger partial charge >= 0.3 is 0 Å². The highest BCUT2D eigenvalue weighted by molar-refractivity contribution is 7.99. The Kier molecular flexibility index (Phi) is 6.80. The van der Waals surface area contributed by atoms with Crippen LogP contribution in [0.4, 0.5) is 0 Å². The average molecular weight is 418 g/mol. The van der Waals surface area contributed by atoms with Crippen LogP contribution < -0.4 is 5.32 Å². The number of aromatic nitrogens is 4. The van der Waals surface area contributed by atoms with Crippen LogP contribution in [0.25, 0.3) is 5.69 Å². The van der Waals surface area contributed by atoms with E-state index in [1.807, 2.05) is 54.4 Å². The summed E-state index contributed by atoms with van der Waals surface area (Å²) in [5.41, 5.74) is 4.11. The maximum absolute atomic E-state index is 12.2. The predicted molar refractivity (Wildman–Crippen MR) is 113 cm³/mol. The first-order chi connectivity index (χ1) is 13.5. The van der Waals surface area contributed by atoms with Crippen molar-refractivity contribution < 1.29 is 4.79 Å². The van der Waals surface area contributed by atoms with Gasteiger partial charge < -0.3 is 5.32 Å². The van der Waals surface area contributed by atoms with Gasteiger partial charge in [0.15, 0.2) is 5.16 Å². The summed E-state index contributed by atoms with van der Waals surface area (Å²) in [7, 11) is 0. The zero-order chi connectivity index (χ0) is 20.1. The lowest BCUT2D eigenvalue weighted by atomic mass is 10.2. The molecule has 1 N–H and O–H groups in total. The summed E-state index contributed by atoms with van der Waals surface area (Å²) < 4.78 is 3.93. The molecule has 6 nitrogen and oxygen atoms in total. The fourth-order valence-corrected chi connectivity index (χ4v) is 3.94. The third kappa shape index (κ3) is 4.97. The largest absolute Gasteiger partial charge is 0.355 e. The molecule has 0 aliphatic rings. The van der Waals surface area contributed by atoms with Crippen molar-refractivity contribution >= 4 is 29.3 Å². The van der Waals surface area contributed by atoms with Gasteiger partial charge in [-0.2, -0.15) is 5.10 Å². The summed E-state index contributed by atoms with van der Waals surface area (Å²) in [4.78, 5) is 16.6. The monoisotopic (exact) mass is 417 g/mol. The molecular formula is C20H24ClN5OS. The molecule has 0 aliphatic heterocycles.